The molecule has 1 aliphatic heterocycles. The molecule has 182 valence electrons. The van der Waals surface area contributed by atoms with Crippen LogP contribution >= 0.6 is 0 Å². The molecule has 3 aliphatic carbocycles. The zero-order valence-electron chi connectivity index (χ0n) is 19.8. The summed E-state index contributed by atoms with van der Waals surface area (Å²) in [6.07, 6.45) is 16.2. The van der Waals surface area contributed by atoms with Gasteiger partial charge in [-0.25, -0.2) is 4.68 Å². The van der Waals surface area contributed by atoms with Crippen molar-refractivity contribution < 1.29 is 4.92 Å². The van der Waals surface area contributed by atoms with Gasteiger partial charge in [0.15, 0.2) is 5.82 Å². The number of hydrogen-bond donors (Lipinski definition) is 2. The lowest BCUT2D eigenvalue weighted by atomic mass is 9.59. The SMILES string of the molecule is O=[N+]([O-])c1ccc2c(c1)NC1(c3nnnn3C3CCCCC3)CCCCC1C1(CCCCC1)N2. The third-order valence-electron chi connectivity index (χ3n) is 9.09. The molecule has 9 nitrogen and oxygen atoms in total. The van der Waals surface area contributed by atoms with Crippen LogP contribution in [0.15, 0.2) is 18.2 Å². The summed E-state index contributed by atoms with van der Waals surface area (Å²) in [4.78, 5) is 11.3. The zero-order valence-corrected chi connectivity index (χ0v) is 19.8. The number of rotatable bonds is 3. The van der Waals surface area contributed by atoms with Crippen LogP contribution < -0.4 is 10.6 Å². The summed E-state index contributed by atoms with van der Waals surface area (Å²) in [6, 6.07) is 5.55. The maximum Gasteiger partial charge on any atom is 0.271 e. The lowest BCUT2D eigenvalue weighted by Gasteiger charge is -2.53. The van der Waals surface area contributed by atoms with E-state index in [0.29, 0.717) is 12.0 Å². The van der Waals surface area contributed by atoms with E-state index >= 15 is 0 Å². The Hall–Kier alpha value is -2.71. The van der Waals surface area contributed by atoms with Crippen molar-refractivity contribution in [2.45, 2.75) is 107 Å². The number of hydrogen-bond acceptors (Lipinski definition) is 7. The first-order chi connectivity index (χ1) is 16.6. The highest BCUT2D eigenvalue weighted by molar-refractivity contribution is 5.75. The van der Waals surface area contributed by atoms with E-state index in [9.17, 15) is 10.1 Å². The standard InChI is InChI=1S/C25H35N7O2/c33-32(34)19-12-13-20-21(17-19)27-25(23-28-29-30-31(23)18-9-3-1-4-10-18)16-8-5-11-22(25)24(26-20)14-6-2-7-15-24/h12-13,17-18,22,26-27H,1-11,14-16H2. The highest BCUT2D eigenvalue weighted by atomic mass is 16.6. The van der Waals surface area contributed by atoms with Crippen LogP contribution in [0.5, 0.6) is 0 Å². The predicted octanol–water partition coefficient (Wildman–Crippen LogP) is 5.71. The number of non-ortho nitro benzene ring substituents is 1. The number of nitrogens with one attached hydrogen (secondary N) is 2. The minimum Gasteiger partial charge on any atom is -0.378 e. The van der Waals surface area contributed by atoms with E-state index in [1.165, 1.54) is 44.9 Å². The number of tetrazole rings is 1. The van der Waals surface area contributed by atoms with E-state index in [4.69, 9.17) is 5.10 Å². The summed E-state index contributed by atoms with van der Waals surface area (Å²) < 4.78 is 2.13. The number of nitro groups is 1. The smallest absolute Gasteiger partial charge is 0.271 e. The van der Waals surface area contributed by atoms with Crippen LogP contribution in [0.1, 0.15) is 102 Å². The molecule has 0 amide bonds. The topological polar surface area (TPSA) is 111 Å². The number of nitro benzene ring substituents is 1. The fourth-order valence-electron chi connectivity index (χ4n) is 7.56. The molecule has 3 fully saturated rings. The summed E-state index contributed by atoms with van der Waals surface area (Å²) in [5, 5.41) is 33.0. The van der Waals surface area contributed by atoms with Crippen molar-refractivity contribution in [3.63, 3.8) is 0 Å². The second-order valence-electron chi connectivity index (χ2n) is 11.0. The molecule has 2 aromatic rings. The third-order valence-corrected chi connectivity index (χ3v) is 9.09. The predicted molar refractivity (Wildman–Crippen MR) is 130 cm³/mol. The van der Waals surface area contributed by atoms with Crippen molar-refractivity contribution in [2.75, 3.05) is 10.6 Å². The van der Waals surface area contributed by atoms with Crippen LogP contribution in [-0.2, 0) is 5.54 Å². The van der Waals surface area contributed by atoms with Gasteiger partial charge >= 0.3 is 0 Å². The van der Waals surface area contributed by atoms with Crippen molar-refractivity contribution >= 4 is 17.1 Å². The normalized spacial score (nSPS) is 28.8. The average molecular weight is 466 g/mol. The van der Waals surface area contributed by atoms with E-state index in [2.05, 4.69) is 25.7 Å². The quantitative estimate of drug-likeness (QED) is 0.441. The van der Waals surface area contributed by atoms with E-state index < -0.39 is 5.54 Å². The largest absolute Gasteiger partial charge is 0.378 e. The Labute approximate surface area is 200 Å². The Bertz CT molecular complexity index is 1060. The van der Waals surface area contributed by atoms with Crippen LogP contribution in [-0.4, -0.2) is 30.7 Å². The van der Waals surface area contributed by atoms with Crippen molar-refractivity contribution in [3.05, 3.63) is 34.1 Å². The molecule has 34 heavy (non-hydrogen) atoms. The van der Waals surface area contributed by atoms with Gasteiger partial charge in [-0.2, -0.15) is 0 Å². The molecule has 0 radical (unpaired) electrons. The number of aromatic nitrogens is 4. The molecule has 1 aromatic heterocycles. The molecule has 3 saturated carbocycles. The molecular formula is C25H35N7O2. The molecule has 1 aromatic carbocycles. The van der Waals surface area contributed by atoms with Crippen LogP contribution in [0.2, 0.25) is 0 Å². The molecular weight excluding hydrogens is 430 g/mol. The van der Waals surface area contributed by atoms with Gasteiger partial charge in [0.05, 0.1) is 22.3 Å². The van der Waals surface area contributed by atoms with Crippen molar-refractivity contribution in [1.29, 1.82) is 0 Å². The number of benzene rings is 1. The highest BCUT2D eigenvalue weighted by Gasteiger charge is 2.57. The zero-order chi connectivity index (χ0) is 23.2. The third kappa shape index (κ3) is 3.46. The Kier molecular flexibility index (Phi) is 5.45. The first-order valence-electron chi connectivity index (χ1n) is 13.2. The van der Waals surface area contributed by atoms with E-state index in [-0.39, 0.29) is 16.1 Å². The molecule has 0 saturated heterocycles. The van der Waals surface area contributed by atoms with Gasteiger partial charge in [-0.1, -0.05) is 51.4 Å². The fourth-order valence-corrected chi connectivity index (χ4v) is 7.56. The van der Waals surface area contributed by atoms with Gasteiger partial charge in [-0.05, 0) is 55.0 Å². The fraction of sp³-hybridized carbons (Fsp3) is 0.720. The summed E-state index contributed by atoms with van der Waals surface area (Å²) in [5.41, 5.74) is 1.39. The summed E-state index contributed by atoms with van der Waals surface area (Å²) >= 11 is 0. The monoisotopic (exact) mass is 465 g/mol. The number of anilines is 2. The van der Waals surface area contributed by atoms with E-state index in [1.54, 1.807) is 12.1 Å². The Morgan fingerprint density at radius 1 is 0.912 bits per heavy atom. The molecule has 0 bridgehead atoms. The molecule has 9 heteroatoms. The maximum atomic E-state index is 11.6. The van der Waals surface area contributed by atoms with Gasteiger partial charge in [0.25, 0.3) is 5.69 Å². The minimum atomic E-state index is -0.440. The molecule has 1 spiro atoms. The van der Waals surface area contributed by atoms with E-state index in [0.717, 1.165) is 62.1 Å². The Morgan fingerprint density at radius 3 is 2.44 bits per heavy atom. The molecule has 2 unspecified atom stereocenters. The molecule has 4 aliphatic rings. The summed E-state index contributed by atoms with van der Waals surface area (Å²) in [6.45, 7) is 0. The first kappa shape index (κ1) is 21.8. The molecule has 6 rings (SSSR count). The van der Waals surface area contributed by atoms with Gasteiger partial charge < -0.3 is 10.6 Å². The molecule has 2 atom stereocenters. The second-order valence-corrected chi connectivity index (χ2v) is 11.0. The number of fused-ring (bicyclic) bond motifs is 3. The van der Waals surface area contributed by atoms with Gasteiger partial charge in [-0.3, -0.25) is 10.1 Å². The number of nitrogens with zero attached hydrogens (tertiary/aromatic N) is 5. The van der Waals surface area contributed by atoms with Crippen molar-refractivity contribution in [3.8, 4) is 0 Å². The Morgan fingerprint density at radius 2 is 1.65 bits per heavy atom. The average Bonchev–Trinajstić information content (AvgIpc) is 3.33. The summed E-state index contributed by atoms with van der Waals surface area (Å²) in [5.74, 6) is 1.25. The van der Waals surface area contributed by atoms with Crippen LogP contribution in [0.25, 0.3) is 0 Å². The Balaban J connectivity index is 1.53. The van der Waals surface area contributed by atoms with Crippen LogP contribution in [0, 0.1) is 16.0 Å². The van der Waals surface area contributed by atoms with E-state index in [1.807, 2.05) is 6.07 Å². The second kappa shape index (κ2) is 8.50. The van der Waals surface area contributed by atoms with Crippen LogP contribution in [0.3, 0.4) is 0 Å². The van der Waals surface area contributed by atoms with Crippen LogP contribution in [0.4, 0.5) is 17.1 Å². The lowest BCUT2D eigenvalue weighted by Crippen LogP contribution is -2.59. The molecule has 2 N–H and O–H groups in total. The van der Waals surface area contributed by atoms with Gasteiger partial charge in [0, 0.05) is 23.6 Å². The van der Waals surface area contributed by atoms with Gasteiger partial charge in [-0.15, -0.1) is 5.10 Å². The van der Waals surface area contributed by atoms with Gasteiger partial charge in [0.2, 0.25) is 0 Å². The van der Waals surface area contributed by atoms with Crippen molar-refractivity contribution in [1.82, 2.24) is 20.2 Å². The molecule has 2 heterocycles. The minimum absolute atomic E-state index is 0.0591. The lowest BCUT2D eigenvalue weighted by molar-refractivity contribution is -0.384. The van der Waals surface area contributed by atoms with Gasteiger partial charge in [0.1, 0.15) is 5.54 Å². The first-order valence-corrected chi connectivity index (χ1v) is 13.2. The van der Waals surface area contributed by atoms with Crippen molar-refractivity contribution in [2.24, 2.45) is 5.92 Å². The highest BCUT2D eigenvalue weighted by Crippen LogP contribution is 2.56. The maximum absolute atomic E-state index is 11.6. The summed E-state index contributed by atoms with van der Waals surface area (Å²) in [7, 11) is 0.